The zero-order chi connectivity index (χ0) is 27.5. The Morgan fingerprint density at radius 2 is 1.82 bits per heavy atom. The second kappa shape index (κ2) is 9.31. The van der Waals surface area contributed by atoms with Gasteiger partial charge < -0.3 is 24.4 Å². The van der Waals surface area contributed by atoms with Crippen molar-refractivity contribution in [2.75, 3.05) is 19.2 Å². The summed E-state index contributed by atoms with van der Waals surface area (Å²) in [6.45, 7) is 0.200. The summed E-state index contributed by atoms with van der Waals surface area (Å²) in [5, 5.41) is 3.33. The number of likely N-dealkylation sites (tertiary alicyclic amines) is 1. The van der Waals surface area contributed by atoms with E-state index in [1.807, 2.05) is 47.5 Å². The first kappa shape index (κ1) is 24.5. The van der Waals surface area contributed by atoms with Gasteiger partial charge in [-0.15, -0.1) is 0 Å². The lowest BCUT2D eigenvalue weighted by molar-refractivity contribution is -0.143. The van der Waals surface area contributed by atoms with E-state index in [1.54, 1.807) is 30.3 Å². The van der Waals surface area contributed by atoms with Gasteiger partial charge in [0, 0.05) is 11.2 Å². The van der Waals surface area contributed by atoms with E-state index in [4.69, 9.17) is 25.8 Å². The molecule has 0 radical (unpaired) electrons. The third-order valence-corrected chi connectivity index (χ3v) is 8.25. The highest BCUT2D eigenvalue weighted by Gasteiger charge is 2.64. The molecule has 2 fully saturated rings. The second-order valence-electron chi connectivity index (χ2n) is 10.1. The van der Waals surface area contributed by atoms with E-state index in [9.17, 15) is 14.4 Å². The highest BCUT2D eigenvalue weighted by Crippen LogP contribution is 2.53. The van der Waals surface area contributed by atoms with Gasteiger partial charge in [0.25, 0.3) is 0 Å². The molecule has 10 heteroatoms. The molecule has 4 atom stereocenters. The number of nitrogens with one attached hydrogen (secondary N) is 1. The number of ether oxygens (including phenoxy) is 3. The molecule has 0 spiro atoms. The van der Waals surface area contributed by atoms with Crippen molar-refractivity contribution in [1.29, 1.82) is 0 Å². The first-order chi connectivity index (χ1) is 19.4. The average Bonchev–Trinajstić information content (AvgIpc) is 3.63. The van der Waals surface area contributed by atoms with Crippen molar-refractivity contribution >= 4 is 41.1 Å². The van der Waals surface area contributed by atoms with Crippen LogP contribution in [0.4, 0.5) is 5.69 Å². The lowest BCUT2D eigenvalue weighted by Crippen LogP contribution is -2.46. The van der Waals surface area contributed by atoms with Crippen LogP contribution < -0.4 is 19.5 Å². The molecule has 2 saturated heterocycles. The molecular formula is C30H24ClN3O6. The van der Waals surface area contributed by atoms with Gasteiger partial charge in [-0.1, -0.05) is 41.9 Å². The van der Waals surface area contributed by atoms with Crippen LogP contribution in [0.15, 0.2) is 66.9 Å². The Morgan fingerprint density at radius 3 is 2.67 bits per heavy atom. The van der Waals surface area contributed by atoms with E-state index in [0.717, 1.165) is 16.7 Å². The van der Waals surface area contributed by atoms with E-state index < -0.39 is 29.8 Å². The molecule has 4 heterocycles. The Kier molecular flexibility index (Phi) is 5.71. The van der Waals surface area contributed by atoms with Gasteiger partial charge in [0.15, 0.2) is 11.5 Å². The van der Waals surface area contributed by atoms with Crippen LogP contribution in [0.3, 0.4) is 0 Å². The minimum absolute atomic E-state index is 0.0714. The van der Waals surface area contributed by atoms with Crippen LogP contribution in [0, 0.1) is 11.8 Å². The van der Waals surface area contributed by atoms with Gasteiger partial charge in [-0.05, 0) is 53.1 Å². The number of hydrogen-bond acceptors (Lipinski definition) is 7. The number of rotatable bonds is 5. The minimum Gasteiger partial charge on any atom is -0.495 e. The largest absolute Gasteiger partial charge is 0.495 e. The summed E-state index contributed by atoms with van der Waals surface area (Å²) in [7, 11) is 1.50. The lowest BCUT2D eigenvalue weighted by atomic mass is 9.84. The summed E-state index contributed by atoms with van der Waals surface area (Å²) in [6.07, 6.45) is 3.72. The number of halogens is 1. The Hall–Kier alpha value is -4.50. The minimum atomic E-state index is -0.929. The van der Waals surface area contributed by atoms with Crippen LogP contribution in [-0.4, -0.2) is 47.5 Å². The average molecular weight is 558 g/mol. The first-order valence-electron chi connectivity index (χ1n) is 12.9. The standard InChI is InChI=1S/C30H24ClN3O6/c1-38-21-9-7-18(31)13-20(21)32-28(35)27-25-24(26-19-5-3-2-4-17(19)10-11-33(26)27)29(36)34(30(25)37)14-16-6-8-22-23(12-16)40-15-39-22/h2-13,24-27H,14-15H2,1H3,(H,32,35)/t24-,25+,26?,27-/m0/s1. The molecule has 0 aromatic heterocycles. The molecule has 40 heavy (non-hydrogen) atoms. The Morgan fingerprint density at radius 1 is 1.02 bits per heavy atom. The Bertz CT molecular complexity index is 1610. The molecule has 7 rings (SSSR count). The van der Waals surface area contributed by atoms with Crippen molar-refractivity contribution in [1.82, 2.24) is 9.80 Å². The number of carbonyl (C=O) groups is 3. The lowest BCUT2D eigenvalue weighted by Gasteiger charge is -2.35. The second-order valence-corrected chi connectivity index (χ2v) is 10.6. The number of methoxy groups -OCH3 is 1. The van der Waals surface area contributed by atoms with Crippen LogP contribution in [0.1, 0.15) is 22.7 Å². The SMILES string of the molecule is COc1ccc(Cl)cc1NC(=O)[C@@H]1[C@@H]2C(=O)N(Cc3ccc4c(c3)OCO4)C(=O)[C@@H]2C2c3ccccc3C=CN21. The number of carbonyl (C=O) groups excluding carboxylic acids is 3. The van der Waals surface area contributed by atoms with Crippen LogP contribution >= 0.6 is 11.6 Å². The van der Waals surface area contributed by atoms with Crippen LogP contribution in [0.5, 0.6) is 17.2 Å². The third-order valence-electron chi connectivity index (χ3n) is 8.02. The summed E-state index contributed by atoms with van der Waals surface area (Å²) in [6, 6.07) is 16.6. The molecule has 3 amide bonds. The highest BCUT2D eigenvalue weighted by atomic mass is 35.5. The topological polar surface area (TPSA) is 97.4 Å². The predicted octanol–water partition coefficient (Wildman–Crippen LogP) is 4.23. The van der Waals surface area contributed by atoms with E-state index in [0.29, 0.717) is 28.0 Å². The molecule has 9 nitrogen and oxygen atoms in total. The van der Waals surface area contributed by atoms with Gasteiger partial charge in [0.05, 0.1) is 37.2 Å². The molecule has 3 aromatic rings. The summed E-state index contributed by atoms with van der Waals surface area (Å²) in [5.74, 6) is -1.10. The van der Waals surface area contributed by atoms with Crippen molar-refractivity contribution in [3.63, 3.8) is 0 Å². The maximum atomic E-state index is 14.0. The Balaban J connectivity index is 1.26. The maximum absolute atomic E-state index is 14.0. The van der Waals surface area contributed by atoms with E-state index in [2.05, 4.69) is 5.32 Å². The number of anilines is 1. The molecule has 1 unspecified atom stereocenters. The fourth-order valence-electron chi connectivity index (χ4n) is 6.28. The quantitative estimate of drug-likeness (QED) is 0.469. The van der Waals surface area contributed by atoms with Crippen molar-refractivity contribution in [3.05, 3.63) is 88.6 Å². The van der Waals surface area contributed by atoms with E-state index >= 15 is 0 Å². The number of nitrogens with zero attached hydrogens (tertiary/aromatic N) is 2. The summed E-state index contributed by atoms with van der Waals surface area (Å²) in [4.78, 5) is 45.1. The molecule has 0 saturated carbocycles. The number of imide groups is 1. The zero-order valence-corrected chi connectivity index (χ0v) is 22.1. The van der Waals surface area contributed by atoms with E-state index in [-0.39, 0.29) is 25.2 Å². The van der Waals surface area contributed by atoms with Crippen molar-refractivity contribution in [2.24, 2.45) is 11.8 Å². The molecule has 1 N–H and O–H groups in total. The molecule has 0 aliphatic carbocycles. The smallest absolute Gasteiger partial charge is 0.248 e. The molecular weight excluding hydrogens is 534 g/mol. The molecule has 3 aromatic carbocycles. The third kappa shape index (κ3) is 3.72. The van der Waals surface area contributed by atoms with Crippen molar-refractivity contribution < 1.29 is 28.6 Å². The van der Waals surface area contributed by atoms with Gasteiger partial charge in [-0.25, -0.2) is 0 Å². The van der Waals surface area contributed by atoms with Crippen LogP contribution in [0.25, 0.3) is 6.08 Å². The first-order valence-corrected chi connectivity index (χ1v) is 13.2. The fraction of sp³-hybridized carbons (Fsp3) is 0.233. The van der Waals surface area contributed by atoms with E-state index in [1.165, 1.54) is 12.0 Å². The van der Waals surface area contributed by atoms with Gasteiger partial charge >= 0.3 is 0 Å². The van der Waals surface area contributed by atoms with Gasteiger partial charge in [0.2, 0.25) is 24.5 Å². The Labute approximate surface area is 234 Å². The highest BCUT2D eigenvalue weighted by molar-refractivity contribution is 6.31. The predicted molar refractivity (Wildman–Crippen MR) is 146 cm³/mol. The normalized spacial score (nSPS) is 23.6. The van der Waals surface area contributed by atoms with Gasteiger partial charge in [-0.3, -0.25) is 19.3 Å². The number of hydrogen-bond donors (Lipinski definition) is 1. The number of amides is 3. The molecule has 0 bridgehead atoms. The fourth-order valence-corrected chi connectivity index (χ4v) is 6.45. The summed E-state index contributed by atoms with van der Waals surface area (Å²) in [5.41, 5.74) is 2.98. The van der Waals surface area contributed by atoms with Crippen LogP contribution in [-0.2, 0) is 20.9 Å². The molecule has 202 valence electrons. The van der Waals surface area contributed by atoms with Crippen molar-refractivity contribution in [3.8, 4) is 17.2 Å². The maximum Gasteiger partial charge on any atom is 0.248 e. The number of fused-ring (bicyclic) bond motifs is 6. The zero-order valence-electron chi connectivity index (χ0n) is 21.4. The summed E-state index contributed by atoms with van der Waals surface area (Å²) >= 11 is 6.20. The molecule has 4 aliphatic rings. The van der Waals surface area contributed by atoms with Crippen molar-refractivity contribution in [2.45, 2.75) is 18.6 Å². The number of benzene rings is 3. The van der Waals surface area contributed by atoms with Gasteiger partial charge in [-0.2, -0.15) is 0 Å². The summed E-state index contributed by atoms with van der Waals surface area (Å²) < 4.78 is 16.3. The molecule has 4 aliphatic heterocycles. The van der Waals surface area contributed by atoms with Gasteiger partial charge in [0.1, 0.15) is 11.8 Å². The monoisotopic (exact) mass is 557 g/mol. The van der Waals surface area contributed by atoms with Crippen LogP contribution in [0.2, 0.25) is 5.02 Å².